The summed E-state index contributed by atoms with van der Waals surface area (Å²) in [6, 6.07) is 4.87. The highest BCUT2D eigenvalue weighted by Crippen LogP contribution is 2.16. The molecule has 0 amide bonds. The molecule has 20 heavy (non-hydrogen) atoms. The molecule has 0 saturated heterocycles. The molecule has 0 saturated carbocycles. The summed E-state index contributed by atoms with van der Waals surface area (Å²) in [5.41, 5.74) is 6.17. The van der Waals surface area contributed by atoms with Crippen LogP contribution in [-0.2, 0) is 10.0 Å². The van der Waals surface area contributed by atoms with Crippen LogP contribution in [0.5, 0.6) is 0 Å². The van der Waals surface area contributed by atoms with Crippen molar-refractivity contribution in [2.45, 2.75) is 11.8 Å². The second-order valence-corrected chi connectivity index (χ2v) is 5.53. The third-order valence-electron chi connectivity index (χ3n) is 2.38. The van der Waals surface area contributed by atoms with Gasteiger partial charge in [-0.1, -0.05) is 12.0 Å². The molecule has 7 nitrogen and oxygen atoms in total. The number of nitrogens with one attached hydrogen (secondary N) is 2. The summed E-state index contributed by atoms with van der Waals surface area (Å²) < 4.78 is 26.7. The quantitative estimate of drug-likeness (QED) is 0.700. The zero-order valence-corrected chi connectivity index (χ0v) is 11.5. The maximum absolute atomic E-state index is 12.1. The molecule has 104 valence electrons. The van der Waals surface area contributed by atoms with Crippen molar-refractivity contribution in [3.8, 4) is 11.8 Å². The topological polar surface area (TPSA) is 114 Å². The van der Waals surface area contributed by atoms with Crippen molar-refractivity contribution in [1.82, 2.24) is 15.2 Å². The van der Waals surface area contributed by atoms with Gasteiger partial charge in [0.15, 0.2) is 0 Å². The van der Waals surface area contributed by atoms with Crippen LogP contribution in [0.25, 0.3) is 0 Å². The fourth-order valence-corrected chi connectivity index (χ4v) is 2.65. The molecule has 2 rings (SSSR count). The van der Waals surface area contributed by atoms with Gasteiger partial charge in [-0.25, -0.2) is 13.4 Å². The number of aromatic amines is 1. The van der Waals surface area contributed by atoms with E-state index in [0.717, 1.165) is 0 Å². The molecule has 0 bridgehead atoms. The van der Waals surface area contributed by atoms with Crippen molar-refractivity contribution in [3.63, 3.8) is 0 Å². The van der Waals surface area contributed by atoms with Gasteiger partial charge in [0.2, 0.25) is 0 Å². The molecule has 0 atom stereocenters. The number of anilines is 1. The maximum atomic E-state index is 12.1. The van der Waals surface area contributed by atoms with Gasteiger partial charge in [-0.15, -0.1) is 0 Å². The van der Waals surface area contributed by atoms with E-state index < -0.39 is 10.0 Å². The summed E-state index contributed by atoms with van der Waals surface area (Å²) in [5, 5.41) is 6.26. The molecular weight excluding hydrogens is 278 g/mol. The first-order chi connectivity index (χ1) is 9.53. The predicted octanol–water partition coefficient (Wildman–Crippen LogP) is 0.224. The van der Waals surface area contributed by atoms with Crippen LogP contribution in [0.1, 0.15) is 11.4 Å². The number of sulfonamides is 1. The van der Waals surface area contributed by atoms with Gasteiger partial charge in [0, 0.05) is 0 Å². The van der Waals surface area contributed by atoms with Crippen LogP contribution in [-0.4, -0.2) is 30.1 Å². The van der Waals surface area contributed by atoms with Crippen molar-refractivity contribution in [1.29, 1.82) is 0 Å². The first-order valence-corrected chi connectivity index (χ1v) is 7.20. The van der Waals surface area contributed by atoms with Crippen LogP contribution in [0, 0.1) is 18.8 Å². The Balaban J connectivity index is 2.28. The lowest BCUT2D eigenvalue weighted by atomic mass is 10.3. The van der Waals surface area contributed by atoms with Crippen molar-refractivity contribution in [2.75, 3.05) is 11.3 Å². The van der Waals surface area contributed by atoms with Gasteiger partial charge in [-0.3, -0.25) is 9.82 Å². The normalized spacial score (nSPS) is 10.7. The predicted molar refractivity (Wildman–Crippen MR) is 74.3 cm³/mol. The third-order valence-corrected chi connectivity index (χ3v) is 3.85. The van der Waals surface area contributed by atoms with Crippen molar-refractivity contribution in [2.24, 2.45) is 5.73 Å². The lowest BCUT2D eigenvalue weighted by molar-refractivity contribution is 0.600. The average molecular weight is 291 g/mol. The van der Waals surface area contributed by atoms with Crippen molar-refractivity contribution in [3.05, 3.63) is 35.8 Å². The lowest BCUT2D eigenvalue weighted by Crippen LogP contribution is -2.14. The number of pyridine rings is 1. The van der Waals surface area contributed by atoms with Gasteiger partial charge in [0.25, 0.3) is 10.0 Å². The Bertz CT molecular complexity index is 770. The minimum atomic E-state index is -3.72. The van der Waals surface area contributed by atoms with E-state index in [0.29, 0.717) is 11.4 Å². The molecule has 4 N–H and O–H groups in total. The third kappa shape index (κ3) is 3.14. The monoisotopic (exact) mass is 291 g/mol. The van der Waals surface area contributed by atoms with Gasteiger partial charge in [-0.2, -0.15) is 5.10 Å². The molecule has 8 heteroatoms. The summed E-state index contributed by atoms with van der Waals surface area (Å²) in [5.74, 6) is 5.58. The second kappa shape index (κ2) is 5.73. The molecular formula is C12H13N5O2S. The molecule has 0 spiro atoms. The van der Waals surface area contributed by atoms with Gasteiger partial charge >= 0.3 is 0 Å². The molecule has 2 aromatic rings. The molecule has 0 aliphatic carbocycles. The van der Waals surface area contributed by atoms with Crippen LogP contribution in [0.2, 0.25) is 0 Å². The Kier molecular flexibility index (Phi) is 4.02. The SMILES string of the molecule is Cc1[nH]ncc1S(=O)(=O)Nc1cccc(C#CCN)n1. The molecule has 0 aliphatic heterocycles. The average Bonchev–Trinajstić information content (AvgIpc) is 2.83. The number of rotatable bonds is 3. The number of aromatic nitrogens is 3. The summed E-state index contributed by atoms with van der Waals surface area (Å²) in [6.45, 7) is 1.84. The van der Waals surface area contributed by atoms with Crippen LogP contribution >= 0.6 is 0 Å². The van der Waals surface area contributed by atoms with E-state index in [9.17, 15) is 8.42 Å². The summed E-state index contributed by atoms with van der Waals surface area (Å²) >= 11 is 0. The molecule has 2 aromatic heterocycles. The highest BCUT2D eigenvalue weighted by molar-refractivity contribution is 7.92. The lowest BCUT2D eigenvalue weighted by Gasteiger charge is -2.06. The van der Waals surface area contributed by atoms with E-state index in [-0.39, 0.29) is 17.3 Å². The van der Waals surface area contributed by atoms with Gasteiger partial charge in [0.05, 0.1) is 18.4 Å². The van der Waals surface area contributed by atoms with E-state index in [2.05, 4.69) is 31.7 Å². The smallest absolute Gasteiger partial charge is 0.266 e. The minimum Gasteiger partial charge on any atom is -0.320 e. The maximum Gasteiger partial charge on any atom is 0.266 e. The molecule has 0 fully saturated rings. The second-order valence-electron chi connectivity index (χ2n) is 3.88. The van der Waals surface area contributed by atoms with Crippen LogP contribution < -0.4 is 10.5 Å². The van der Waals surface area contributed by atoms with Crippen molar-refractivity contribution < 1.29 is 8.42 Å². The highest BCUT2D eigenvalue weighted by Gasteiger charge is 2.19. The largest absolute Gasteiger partial charge is 0.320 e. The number of aryl methyl sites for hydroxylation is 1. The van der Waals surface area contributed by atoms with E-state index in [1.807, 2.05) is 0 Å². The van der Waals surface area contributed by atoms with Gasteiger partial charge < -0.3 is 5.73 Å². The molecule has 0 radical (unpaired) electrons. The van der Waals surface area contributed by atoms with Crippen LogP contribution in [0.4, 0.5) is 5.82 Å². The first kappa shape index (κ1) is 14.0. The zero-order chi connectivity index (χ0) is 14.6. The Morgan fingerprint density at radius 2 is 2.25 bits per heavy atom. The van der Waals surface area contributed by atoms with E-state index in [4.69, 9.17) is 5.73 Å². The first-order valence-electron chi connectivity index (χ1n) is 5.72. The Morgan fingerprint density at radius 3 is 2.90 bits per heavy atom. The Morgan fingerprint density at radius 1 is 1.45 bits per heavy atom. The van der Waals surface area contributed by atoms with Crippen LogP contribution in [0.3, 0.4) is 0 Å². The molecule has 0 aromatic carbocycles. The summed E-state index contributed by atoms with van der Waals surface area (Å²) in [7, 11) is -3.72. The van der Waals surface area contributed by atoms with Crippen LogP contribution in [0.15, 0.2) is 29.3 Å². The standard InChI is InChI=1S/C12H13N5O2S/c1-9-11(8-14-16-9)20(18,19)17-12-6-2-4-10(15-12)5-3-7-13/h2,4,6,8H,7,13H2,1H3,(H,14,16)(H,15,17). The number of nitrogens with zero attached hydrogens (tertiary/aromatic N) is 2. The van der Waals surface area contributed by atoms with Crippen molar-refractivity contribution >= 4 is 15.8 Å². The minimum absolute atomic E-state index is 0.0812. The van der Waals surface area contributed by atoms with E-state index in [1.54, 1.807) is 25.1 Å². The molecule has 0 unspecified atom stereocenters. The Hall–Kier alpha value is -2.37. The molecule has 0 aliphatic rings. The molecule has 2 heterocycles. The van der Waals surface area contributed by atoms with Gasteiger partial charge in [0.1, 0.15) is 16.4 Å². The van der Waals surface area contributed by atoms with E-state index >= 15 is 0 Å². The number of hydrogen-bond acceptors (Lipinski definition) is 5. The van der Waals surface area contributed by atoms with E-state index in [1.165, 1.54) is 6.20 Å². The number of hydrogen-bond donors (Lipinski definition) is 3. The Labute approximate surface area is 116 Å². The summed E-state index contributed by atoms with van der Waals surface area (Å²) in [6.07, 6.45) is 1.25. The zero-order valence-electron chi connectivity index (χ0n) is 10.7. The fraction of sp³-hybridized carbons (Fsp3) is 0.167. The fourth-order valence-electron chi connectivity index (χ4n) is 1.51. The van der Waals surface area contributed by atoms with Gasteiger partial charge in [-0.05, 0) is 25.0 Å². The number of H-pyrrole nitrogens is 1. The summed E-state index contributed by atoms with van der Waals surface area (Å²) in [4.78, 5) is 4.17. The number of nitrogens with two attached hydrogens (primary N) is 1. The highest BCUT2D eigenvalue weighted by atomic mass is 32.2.